The quantitative estimate of drug-likeness (QED) is 0.613. The highest BCUT2D eigenvalue weighted by Crippen LogP contribution is 2.18. The van der Waals surface area contributed by atoms with Crippen molar-refractivity contribution in [1.82, 2.24) is 19.2 Å². The van der Waals surface area contributed by atoms with E-state index >= 15 is 0 Å². The highest BCUT2D eigenvalue weighted by atomic mass is 19.1. The van der Waals surface area contributed by atoms with E-state index in [4.69, 9.17) is 5.73 Å². The van der Waals surface area contributed by atoms with Gasteiger partial charge in [-0.2, -0.15) is 0 Å². The molecule has 4 rings (SSSR count). The maximum absolute atomic E-state index is 14.1. The van der Waals surface area contributed by atoms with Crippen LogP contribution in [-0.2, 0) is 6.54 Å². The standard InChI is InChI=1S/C17H14FN5O/c1-10-5-4-6-12(18)11(10)9-22-17(24)23-14-8-3-2-7-13(14)20-15(19)16(23)21-22/h2-8H,9H2,1H3,(H2,19,20). The zero-order chi connectivity index (χ0) is 16.8. The molecule has 0 aliphatic carbocycles. The summed E-state index contributed by atoms with van der Waals surface area (Å²) >= 11 is 0. The van der Waals surface area contributed by atoms with E-state index in [0.717, 1.165) is 5.56 Å². The molecule has 24 heavy (non-hydrogen) atoms. The van der Waals surface area contributed by atoms with Gasteiger partial charge < -0.3 is 5.73 Å². The number of halogens is 1. The molecule has 2 heterocycles. The van der Waals surface area contributed by atoms with E-state index < -0.39 is 0 Å². The maximum Gasteiger partial charge on any atom is 0.351 e. The number of nitrogens with zero attached hydrogens (tertiary/aromatic N) is 4. The summed E-state index contributed by atoms with van der Waals surface area (Å²) in [4.78, 5) is 17.0. The predicted octanol–water partition coefficient (Wildman–Crippen LogP) is 2.12. The summed E-state index contributed by atoms with van der Waals surface area (Å²) in [6, 6.07) is 12.0. The molecule has 7 heteroatoms. The first kappa shape index (κ1) is 14.4. The van der Waals surface area contributed by atoms with Gasteiger partial charge in [-0.05, 0) is 30.7 Å². The molecule has 0 saturated heterocycles. The molecule has 120 valence electrons. The molecule has 0 aliphatic rings. The average Bonchev–Trinajstić information content (AvgIpc) is 2.89. The number of anilines is 1. The number of nitrogens with two attached hydrogens (primary N) is 1. The highest BCUT2D eigenvalue weighted by Gasteiger charge is 2.16. The number of aromatic nitrogens is 4. The Balaban J connectivity index is 1.98. The molecule has 2 aromatic carbocycles. The van der Waals surface area contributed by atoms with Crippen molar-refractivity contribution < 1.29 is 4.39 Å². The van der Waals surface area contributed by atoms with Crippen LogP contribution in [0.1, 0.15) is 11.1 Å². The van der Waals surface area contributed by atoms with Crippen LogP contribution < -0.4 is 11.4 Å². The topological polar surface area (TPSA) is 78.2 Å². The lowest BCUT2D eigenvalue weighted by molar-refractivity contribution is 0.576. The number of hydrogen-bond donors (Lipinski definition) is 1. The van der Waals surface area contributed by atoms with E-state index in [-0.39, 0.29) is 29.5 Å². The second-order valence-electron chi connectivity index (χ2n) is 5.62. The molecule has 0 spiro atoms. The van der Waals surface area contributed by atoms with E-state index in [1.807, 2.05) is 12.1 Å². The molecule has 0 saturated carbocycles. The zero-order valence-electron chi connectivity index (χ0n) is 12.9. The summed E-state index contributed by atoms with van der Waals surface area (Å²) in [5.41, 5.74) is 8.24. The van der Waals surface area contributed by atoms with Gasteiger partial charge in [-0.15, -0.1) is 5.10 Å². The summed E-state index contributed by atoms with van der Waals surface area (Å²) in [7, 11) is 0. The highest BCUT2D eigenvalue weighted by molar-refractivity contribution is 5.81. The minimum absolute atomic E-state index is 0.0345. The van der Waals surface area contributed by atoms with Crippen LogP contribution in [0.3, 0.4) is 0 Å². The lowest BCUT2D eigenvalue weighted by Gasteiger charge is -2.05. The number of aryl methyl sites for hydroxylation is 1. The van der Waals surface area contributed by atoms with Gasteiger partial charge in [0.2, 0.25) is 5.65 Å². The second-order valence-corrected chi connectivity index (χ2v) is 5.62. The summed E-state index contributed by atoms with van der Waals surface area (Å²) in [6.45, 7) is 1.83. The molecule has 0 bridgehead atoms. The molecule has 0 fully saturated rings. The number of hydrogen-bond acceptors (Lipinski definition) is 4. The van der Waals surface area contributed by atoms with Gasteiger partial charge >= 0.3 is 5.69 Å². The fraction of sp³-hybridized carbons (Fsp3) is 0.118. The summed E-state index contributed by atoms with van der Waals surface area (Å²) in [6.07, 6.45) is 0. The van der Waals surface area contributed by atoms with Crippen molar-refractivity contribution in [3.63, 3.8) is 0 Å². The van der Waals surface area contributed by atoms with E-state index in [0.29, 0.717) is 16.6 Å². The predicted molar refractivity (Wildman–Crippen MR) is 89.4 cm³/mol. The summed E-state index contributed by atoms with van der Waals surface area (Å²) < 4.78 is 16.7. The summed E-state index contributed by atoms with van der Waals surface area (Å²) in [5.74, 6) is -0.204. The van der Waals surface area contributed by atoms with Crippen molar-refractivity contribution in [2.75, 3.05) is 5.73 Å². The molecule has 0 atom stereocenters. The third kappa shape index (κ3) is 2.05. The molecular weight excluding hydrogens is 309 g/mol. The lowest BCUT2D eigenvalue weighted by Crippen LogP contribution is -2.23. The largest absolute Gasteiger partial charge is 0.381 e. The first-order chi connectivity index (χ1) is 11.6. The second kappa shape index (κ2) is 5.16. The Morgan fingerprint density at radius 2 is 1.96 bits per heavy atom. The molecule has 0 amide bonds. The molecule has 0 aliphatic heterocycles. The van der Waals surface area contributed by atoms with Crippen molar-refractivity contribution in [3.8, 4) is 0 Å². The SMILES string of the molecule is Cc1cccc(F)c1Cn1nc2c(N)nc3ccccc3n2c1=O. The average molecular weight is 323 g/mol. The van der Waals surface area contributed by atoms with Gasteiger partial charge in [0.15, 0.2) is 5.82 Å². The van der Waals surface area contributed by atoms with E-state index in [1.165, 1.54) is 15.1 Å². The van der Waals surface area contributed by atoms with Crippen molar-refractivity contribution in [2.45, 2.75) is 13.5 Å². The van der Waals surface area contributed by atoms with Crippen LogP contribution >= 0.6 is 0 Å². The minimum Gasteiger partial charge on any atom is -0.381 e. The van der Waals surface area contributed by atoms with Gasteiger partial charge in [0.05, 0.1) is 17.6 Å². The van der Waals surface area contributed by atoms with Crippen molar-refractivity contribution in [3.05, 3.63) is 69.9 Å². The first-order valence-corrected chi connectivity index (χ1v) is 7.44. The first-order valence-electron chi connectivity index (χ1n) is 7.44. The van der Waals surface area contributed by atoms with Gasteiger partial charge in [0, 0.05) is 5.56 Å². The van der Waals surface area contributed by atoms with Gasteiger partial charge in [-0.25, -0.2) is 23.3 Å². The number of benzene rings is 2. The smallest absolute Gasteiger partial charge is 0.351 e. The van der Waals surface area contributed by atoms with Gasteiger partial charge in [-0.3, -0.25) is 0 Å². The minimum atomic E-state index is -0.377. The van der Waals surface area contributed by atoms with Crippen LogP contribution in [-0.4, -0.2) is 19.2 Å². The monoisotopic (exact) mass is 323 g/mol. The van der Waals surface area contributed by atoms with E-state index in [1.54, 1.807) is 31.2 Å². The van der Waals surface area contributed by atoms with Crippen molar-refractivity contribution in [1.29, 1.82) is 0 Å². The Morgan fingerprint density at radius 1 is 1.17 bits per heavy atom. The normalized spacial score (nSPS) is 11.4. The molecule has 0 unspecified atom stereocenters. The van der Waals surface area contributed by atoms with E-state index in [2.05, 4.69) is 10.1 Å². The zero-order valence-corrected chi connectivity index (χ0v) is 12.9. The van der Waals surface area contributed by atoms with Crippen LogP contribution in [0.2, 0.25) is 0 Å². The van der Waals surface area contributed by atoms with Gasteiger partial charge in [0.25, 0.3) is 0 Å². The van der Waals surface area contributed by atoms with Gasteiger partial charge in [-0.1, -0.05) is 24.3 Å². The molecule has 2 aromatic heterocycles. The van der Waals surface area contributed by atoms with Crippen molar-refractivity contribution in [2.24, 2.45) is 0 Å². The number of fused-ring (bicyclic) bond motifs is 3. The fourth-order valence-corrected chi connectivity index (χ4v) is 2.84. The maximum atomic E-state index is 14.1. The number of para-hydroxylation sites is 2. The Hall–Kier alpha value is -3.22. The third-order valence-corrected chi connectivity index (χ3v) is 4.09. The van der Waals surface area contributed by atoms with Crippen LogP contribution in [0, 0.1) is 12.7 Å². The number of rotatable bonds is 2. The summed E-state index contributed by atoms with van der Waals surface area (Å²) in [5, 5.41) is 4.25. The molecular formula is C17H14FN5O. The molecule has 2 N–H and O–H groups in total. The van der Waals surface area contributed by atoms with E-state index in [9.17, 15) is 9.18 Å². The Kier molecular flexibility index (Phi) is 3.09. The molecule has 0 radical (unpaired) electrons. The lowest BCUT2D eigenvalue weighted by atomic mass is 10.1. The Labute approximate surface area is 136 Å². The Bertz CT molecular complexity index is 1120. The van der Waals surface area contributed by atoms with Crippen LogP contribution in [0.25, 0.3) is 16.7 Å². The van der Waals surface area contributed by atoms with Crippen LogP contribution in [0.15, 0.2) is 47.3 Å². The Morgan fingerprint density at radius 3 is 2.75 bits per heavy atom. The van der Waals surface area contributed by atoms with Crippen molar-refractivity contribution >= 4 is 22.5 Å². The number of nitrogen functional groups attached to an aromatic ring is 1. The molecule has 4 aromatic rings. The van der Waals surface area contributed by atoms with Crippen LogP contribution in [0.5, 0.6) is 0 Å². The molecule has 6 nitrogen and oxygen atoms in total. The third-order valence-electron chi connectivity index (χ3n) is 4.09. The van der Waals surface area contributed by atoms with Gasteiger partial charge in [0.1, 0.15) is 5.82 Å². The van der Waals surface area contributed by atoms with Crippen LogP contribution in [0.4, 0.5) is 10.2 Å². The fourth-order valence-electron chi connectivity index (χ4n) is 2.84.